The van der Waals surface area contributed by atoms with Crippen LogP contribution >= 0.6 is 11.6 Å². The number of aromatic nitrogens is 1. The van der Waals surface area contributed by atoms with E-state index in [4.69, 9.17) is 11.6 Å². The van der Waals surface area contributed by atoms with Crippen molar-refractivity contribution in [3.8, 4) is 5.69 Å². The molecule has 3 nitrogen and oxygen atoms in total. The molecule has 0 N–H and O–H groups in total. The first-order valence-electron chi connectivity index (χ1n) is 5.58. The van der Waals surface area contributed by atoms with Crippen molar-refractivity contribution in [2.45, 2.75) is 0 Å². The summed E-state index contributed by atoms with van der Waals surface area (Å²) < 4.78 is 2.83. The zero-order valence-corrected chi connectivity index (χ0v) is 12.1. The van der Waals surface area contributed by atoms with Crippen LogP contribution in [-0.2, 0) is 0 Å². The van der Waals surface area contributed by atoms with Gasteiger partial charge < -0.3 is 0 Å². The molecular formula is C14H8ClNO2Se. The Hall–Kier alpha value is -1.61. The molecule has 19 heavy (non-hydrogen) atoms. The average Bonchev–Trinajstić information content (AvgIpc) is 2.77. The first-order valence-corrected chi connectivity index (χ1v) is 7.58. The summed E-state index contributed by atoms with van der Waals surface area (Å²) in [6.07, 6.45) is 0. The second kappa shape index (κ2) is 4.82. The summed E-state index contributed by atoms with van der Waals surface area (Å²) in [6.45, 7) is 0. The van der Waals surface area contributed by atoms with Crippen molar-refractivity contribution in [2.24, 2.45) is 0 Å². The van der Waals surface area contributed by atoms with Crippen LogP contribution in [0.4, 0.5) is 0 Å². The summed E-state index contributed by atoms with van der Waals surface area (Å²) in [5.74, 6) is 0. The fraction of sp³-hybridized carbons (Fsp3) is 0. The van der Waals surface area contributed by atoms with E-state index < -0.39 is 5.24 Å². The van der Waals surface area contributed by atoms with Gasteiger partial charge >= 0.3 is 120 Å². The van der Waals surface area contributed by atoms with Crippen LogP contribution in [0.3, 0.4) is 0 Å². The van der Waals surface area contributed by atoms with E-state index in [1.54, 1.807) is 27.8 Å². The Balaban J connectivity index is 2.16. The summed E-state index contributed by atoms with van der Waals surface area (Å²) in [7, 11) is 0. The van der Waals surface area contributed by atoms with Gasteiger partial charge in [-0.25, -0.2) is 0 Å². The molecule has 0 aliphatic heterocycles. The average molecular weight is 337 g/mol. The summed E-state index contributed by atoms with van der Waals surface area (Å²) >= 11 is 5.35. The van der Waals surface area contributed by atoms with Gasteiger partial charge in [-0.1, -0.05) is 0 Å². The second-order valence-electron chi connectivity index (χ2n) is 4.01. The van der Waals surface area contributed by atoms with Crippen LogP contribution in [0.1, 0.15) is 10.4 Å². The Bertz CT molecular complexity index is 817. The standard InChI is InChI=1S/C14H8ClNO2Se/c15-13(17)9-5-7-10(8-6-9)16-14(18)11-3-1-2-4-12(11)19-16/h1-8H. The molecule has 5 heteroatoms. The molecule has 0 aliphatic rings. The molecule has 94 valence electrons. The Labute approximate surface area is 120 Å². The van der Waals surface area contributed by atoms with E-state index in [1.807, 2.05) is 24.3 Å². The summed E-state index contributed by atoms with van der Waals surface area (Å²) in [6, 6.07) is 14.4. The summed E-state index contributed by atoms with van der Waals surface area (Å²) in [4.78, 5) is 23.3. The SMILES string of the molecule is O=C(Cl)c1ccc(-n2[se]c3ccccc3c2=O)cc1. The minimum absolute atomic E-state index is 0.0144. The summed E-state index contributed by atoms with van der Waals surface area (Å²) in [5.41, 5.74) is 1.24. The van der Waals surface area contributed by atoms with Gasteiger partial charge in [0, 0.05) is 0 Å². The van der Waals surface area contributed by atoms with Crippen molar-refractivity contribution in [3.05, 3.63) is 64.4 Å². The molecule has 0 atom stereocenters. The van der Waals surface area contributed by atoms with Crippen LogP contribution in [0.25, 0.3) is 15.3 Å². The van der Waals surface area contributed by atoms with E-state index in [-0.39, 0.29) is 20.3 Å². The number of carbonyl (C=O) groups is 1. The van der Waals surface area contributed by atoms with E-state index in [2.05, 4.69) is 0 Å². The van der Waals surface area contributed by atoms with Crippen molar-refractivity contribution >= 4 is 41.2 Å². The van der Waals surface area contributed by atoms with Crippen molar-refractivity contribution in [1.29, 1.82) is 0 Å². The normalized spacial score (nSPS) is 10.8. The maximum absolute atomic E-state index is 12.3. The molecule has 0 saturated heterocycles. The van der Waals surface area contributed by atoms with Crippen LogP contribution in [0, 0.1) is 0 Å². The molecule has 0 bridgehead atoms. The molecular weight excluding hydrogens is 329 g/mol. The fourth-order valence-corrected chi connectivity index (χ4v) is 4.09. The third-order valence-corrected chi connectivity index (χ3v) is 5.37. The molecule has 0 spiro atoms. The van der Waals surface area contributed by atoms with E-state index in [0.717, 1.165) is 15.3 Å². The van der Waals surface area contributed by atoms with Gasteiger partial charge in [0.1, 0.15) is 0 Å². The van der Waals surface area contributed by atoms with Gasteiger partial charge in [-0.2, -0.15) is 0 Å². The van der Waals surface area contributed by atoms with Crippen molar-refractivity contribution in [3.63, 3.8) is 0 Å². The van der Waals surface area contributed by atoms with Crippen molar-refractivity contribution < 1.29 is 4.79 Å². The van der Waals surface area contributed by atoms with E-state index in [9.17, 15) is 9.59 Å². The summed E-state index contributed by atoms with van der Waals surface area (Å²) in [5, 5.41) is 0.271. The van der Waals surface area contributed by atoms with Crippen LogP contribution in [0.15, 0.2) is 53.3 Å². The molecule has 0 unspecified atom stereocenters. The monoisotopic (exact) mass is 337 g/mol. The van der Waals surface area contributed by atoms with Crippen LogP contribution in [0.2, 0.25) is 0 Å². The van der Waals surface area contributed by atoms with Crippen LogP contribution in [0.5, 0.6) is 0 Å². The first kappa shape index (κ1) is 12.4. The van der Waals surface area contributed by atoms with Gasteiger partial charge in [-0.15, -0.1) is 0 Å². The van der Waals surface area contributed by atoms with Crippen LogP contribution in [-0.4, -0.2) is 23.5 Å². The number of halogens is 1. The van der Waals surface area contributed by atoms with Crippen molar-refractivity contribution in [2.75, 3.05) is 0 Å². The Morgan fingerprint density at radius 2 is 1.74 bits per heavy atom. The number of hydrogen-bond donors (Lipinski definition) is 0. The van der Waals surface area contributed by atoms with Crippen molar-refractivity contribution in [1.82, 2.24) is 3.56 Å². The molecule has 3 aromatic rings. The van der Waals surface area contributed by atoms with E-state index in [0.29, 0.717) is 5.56 Å². The molecule has 0 amide bonds. The second-order valence-corrected chi connectivity index (χ2v) is 6.42. The third kappa shape index (κ3) is 2.19. The number of fused-ring (bicyclic) bond motifs is 1. The minimum atomic E-state index is -0.493. The van der Waals surface area contributed by atoms with Crippen LogP contribution < -0.4 is 5.56 Å². The predicted octanol–water partition coefficient (Wildman–Crippen LogP) is 2.43. The quantitative estimate of drug-likeness (QED) is 0.532. The zero-order valence-electron chi connectivity index (χ0n) is 9.67. The first-order chi connectivity index (χ1) is 9.16. The Morgan fingerprint density at radius 3 is 2.37 bits per heavy atom. The van der Waals surface area contributed by atoms with E-state index in [1.165, 1.54) is 0 Å². The topological polar surface area (TPSA) is 39.1 Å². The van der Waals surface area contributed by atoms with E-state index >= 15 is 0 Å². The Morgan fingerprint density at radius 1 is 1.05 bits per heavy atom. The molecule has 1 heterocycles. The van der Waals surface area contributed by atoms with Gasteiger partial charge in [0.15, 0.2) is 0 Å². The number of carbonyl (C=O) groups excluding carboxylic acids is 1. The molecule has 0 fully saturated rings. The molecule has 2 aromatic carbocycles. The maximum atomic E-state index is 12.3. The molecule has 0 aliphatic carbocycles. The molecule has 3 rings (SSSR count). The third-order valence-electron chi connectivity index (χ3n) is 2.82. The molecule has 1 aromatic heterocycles. The predicted molar refractivity (Wildman–Crippen MR) is 76.7 cm³/mol. The molecule has 0 saturated carbocycles. The fourth-order valence-electron chi connectivity index (χ4n) is 1.87. The number of hydrogen-bond acceptors (Lipinski definition) is 2. The zero-order chi connectivity index (χ0) is 13.4. The van der Waals surface area contributed by atoms with Gasteiger partial charge in [0.2, 0.25) is 0 Å². The number of nitrogens with zero attached hydrogens (tertiary/aromatic N) is 1. The Kier molecular flexibility index (Phi) is 3.15. The number of rotatable bonds is 2. The molecule has 0 radical (unpaired) electrons. The van der Waals surface area contributed by atoms with Gasteiger partial charge in [0.05, 0.1) is 0 Å². The van der Waals surface area contributed by atoms with Gasteiger partial charge in [0.25, 0.3) is 0 Å². The van der Waals surface area contributed by atoms with Gasteiger partial charge in [-0.3, -0.25) is 0 Å². The van der Waals surface area contributed by atoms with Gasteiger partial charge in [-0.05, 0) is 0 Å². The number of benzene rings is 2.